The van der Waals surface area contributed by atoms with E-state index < -0.39 is 17.8 Å². The first-order valence-electron chi connectivity index (χ1n) is 6.24. The molecule has 0 spiro atoms. The Labute approximate surface area is 119 Å². The van der Waals surface area contributed by atoms with Crippen molar-refractivity contribution in [1.29, 1.82) is 0 Å². The average Bonchev–Trinajstić information content (AvgIpc) is 2.41. The van der Waals surface area contributed by atoms with Crippen molar-refractivity contribution >= 4 is 0 Å². The van der Waals surface area contributed by atoms with Gasteiger partial charge in [-0.3, -0.25) is 4.79 Å². The molecule has 0 aliphatic heterocycles. The summed E-state index contributed by atoms with van der Waals surface area (Å²) in [7, 11) is 0. The number of nitrogens with two attached hydrogens (primary N) is 1. The lowest BCUT2D eigenvalue weighted by molar-refractivity contribution is -0.137. The maximum absolute atomic E-state index is 12.7. The molecule has 0 saturated heterocycles. The van der Waals surface area contributed by atoms with Gasteiger partial charge in [0.05, 0.1) is 18.3 Å². The van der Waals surface area contributed by atoms with Gasteiger partial charge >= 0.3 is 6.18 Å². The summed E-state index contributed by atoms with van der Waals surface area (Å²) in [4.78, 5) is 11.7. The number of aryl methyl sites for hydroxylation is 1. The van der Waals surface area contributed by atoms with Crippen molar-refractivity contribution in [3.8, 4) is 0 Å². The maximum atomic E-state index is 12.7. The molecule has 112 valence electrons. The van der Waals surface area contributed by atoms with Crippen molar-refractivity contribution in [2.45, 2.75) is 25.7 Å². The molecule has 0 radical (unpaired) electrons. The van der Waals surface area contributed by atoms with E-state index in [-0.39, 0.29) is 12.1 Å². The van der Waals surface area contributed by atoms with Crippen molar-refractivity contribution in [2.75, 3.05) is 0 Å². The van der Waals surface area contributed by atoms with Crippen LogP contribution < -0.4 is 11.3 Å². The van der Waals surface area contributed by atoms with Crippen molar-refractivity contribution in [3.63, 3.8) is 0 Å². The quantitative estimate of drug-likeness (QED) is 0.945. The highest BCUT2D eigenvalue weighted by Crippen LogP contribution is 2.30. The van der Waals surface area contributed by atoms with E-state index in [9.17, 15) is 18.0 Å². The highest BCUT2D eigenvalue weighted by atomic mass is 19.4. The van der Waals surface area contributed by atoms with Crippen LogP contribution in [0.1, 0.15) is 22.7 Å². The molecule has 4 nitrogen and oxygen atoms in total. The van der Waals surface area contributed by atoms with Gasteiger partial charge in [-0.25, -0.2) is 4.68 Å². The summed E-state index contributed by atoms with van der Waals surface area (Å²) in [5.41, 5.74) is 5.80. The lowest BCUT2D eigenvalue weighted by Crippen LogP contribution is -2.28. The number of alkyl halides is 3. The van der Waals surface area contributed by atoms with Gasteiger partial charge in [-0.05, 0) is 30.2 Å². The van der Waals surface area contributed by atoms with E-state index in [1.54, 1.807) is 6.92 Å². The zero-order chi connectivity index (χ0) is 15.6. The highest BCUT2D eigenvalue weighted by molar-refractivity contribution is 5.27. The molecule has 0 aliphatic carbocycles. The first-order chi connectivity index (χ1) is 9.77. The number of hydrogen-bond donors (Lipinski definition) is 1. The summed E-state index contributed by atoms with van der Waals surface area (Å²) >= 11 is 0. The fraction of sp³-hybridized carbons (Fsp3) is 0.286. The Balaban J connectivity index is 2.24. The van der Waals surface area contributed by atoms with E-state index in [2.05, 4.69) is 5.10 Å². The fourth-order valence-electron chi connectivity index (χ4n) is 1.90. The van der Waals surface area contributed by atoms with Gasteiger partial charge in [0.1, 0.15) is 0 Å². The molecule has 2 aromatic rings. The standard InChI is InChI=1S/C14H14F3N3O/c1-9-5-13(21)20(19-7-9)8-12(18)10-3-2-4-11(6-10)14(15,16)17/h2-7,12H,8,18H2,1H3. The molecule has 1 heterocycles. The second-order valence-corrected chi connectivity index (χ2v) is 4.78. The molecule has 1 unspecified atom stereocenters. The van der Waals surface area contributed by atoms with E-state index >= 15 is 0 Å². The van der Waals surface area contributed by atoms with Gasteiger partial charge in [0.15, 0.2) is 0 Å². The molecule has 21 heavy (non-hydrogen) atoms. The Morgan fingerprint density at radius 2 is 2.05 bits per heavy atom. The SMILES string of the molecule is Cc1cnn(CC(N)c2cccc(C(F)(F)F)c2)c(=O)c1. The summed E-state index contributed by atoms with van der Waals surface area (Å²) in [6, 6.07) is 5.41. The maximum Gasteiger partial charge on any atom is 0.416 e. The van der Waals surface area contributed by atoms with Crippen molar-refractivity contribution < 1.29 is 13.2 Å². The summed E-state index contributed by atoms with van der Waals surface area (Å²) in [6.07, 6.45) is -2.92. The van der Waals surface area contributed by atoms with E-state index in [0.29, 0.717) is 11.1 Å². The van der Waals surface area contributed by atoms with Gasteiger partial charge in [0.2, 0.25) is 0 Å². The lowest BCUT2D eigenvalue weighted by atomic mass is 10.0. The van der Waals surface area contributed by atoms with Crippen molar-refractivity contribution in [2.24, 2.45) is 5.73 Å². The molecule has 0 aliphatic rings. The third-order valence-corrected chi connectivity index (χ3v) is 3.02. The minimum absolute atomic E-state index is 0.0143. The number of hydrogen-bond acceptors (Lipinski definition) is 3. The Morgan fingerprint density at radius 3 is 2.67 bits per heavy atom. The minimum atomic E-state index is -4.42. The molecule has 1 aromatic carbocycles. The largest absolute Gasteiger partial charge is 0.416 e. The van der Waals surface area contributed by atoms with Crippen LogP contribution >= 0.6 is 0 Å². The summed E-state index contributed by atoms with van der Waals surface area (Å²) < 4.78 is 39.1. The number of benzene rings is 1. The zero-order valence-corrected chi connectivity index (χ0v) is 11.3. The molecule has 1 atom stereocenters. The van der Waals surface area contributed by atoms with Gasteiger partial charge in [0, 0.05) is 12.1 Å². The second-order valence-electron chi connectivity index (χ2n) is 4.78. The molecule has 7 heteroatoms. The Hall–Kier alpha value is -2.15. The summed E-state index contributed by atoms with van der Waals surface area (Å²) in [5, 5.41) is 3.92. The van der Waals surface area contributed by atoms with Crippen LogP contribution in [0.3, 0.4) is 0 Å². The summed E-state index contributed by atoms with van der Waals surface area (Å²) in [5.74, 6) is 0. The van der Waals surface area contributed by atoms with Crippen LogP contribution in [0.5, 0.6) is 0 Å². The smallest absolute Gasteiger partial charge is 0.322 e. The molecule has 2 N–H and O–H groups in total. The topological polar surface area (TPSA) is 60.9 Å². The predicted molar refractivity (Wildman–Crippen MR) is 71.6 cm³/mol. The van der Waals surface area contributed by atoms with E-state index in [1.165, 1.54) is 24.4 Å². The van der Waals surface area contributed by atoms with Gasteiger partial charge in [-0.2, -0.15) is 18.3 Å². The van der Waals surface area contributed by atoms with Crippen LogP contribution in [0, 0.1) is 6.92 Å². The Bertz CT molecular complexity index is 694. The lowest BCUT2D eigenvalue weighted by Gasteiger charge is -2.15. The van der Waals surface area contributed by atoms with E-state index in [0.717, 1.165) is 16.8 Å². The van der Waals surface area contributed by atoms with Crippen LogP contribution in [0.2, 0.25) is 0 Å². The predicted octanol–water partition coefficient (Wildman–Crippen LogP) is 2.27. The fourth-order valence-corrected chi connectivity index (χ4v) is 1.90. The molecular weight excluding hydrogens is 283 g/mol. The Kier molecular flexibility index (Phi) is 4.13. The van der Waals surface area contributed by atoms with E-state index in [4.69, 9.17) is 5.73 Å². The Morgan fingerprint density at radius 1 is 1.33 bits per heavy atom. The second kappa shape index (κ2) is 5.69. The van der Waals surface area contributed by atoms with Crippen LogP contribution in [-0.2, 0) is 12.7 Å². The van der Waals surface area contributed by atoms with Gasteiger partial charge in [0.25, 0.3) is 5.56 Å². The third kappa shape index (κ3) is 3.69. The average molecular weight is 297 g/mol. The third-order valence-electron chi connectivity index (χ3n) is 3.02. The molecule has 0 amide bonds. The van der Waals surface area contributed by atoms with Crippen molar-refractivity contribution in [3.05, 3.63) is 63.6 Å². The summed E-state index contributed by atoms with van der Waals surface area (Å²) in [6.45, 7) is 1.74. The monoisotopic (exact) mass is 297 g/mol. The number of nitrogens with zero attached hydrogens (tertiary/aromatic N) is 2. The van der Waals surface area contributed by atoms with Crippen LogP contribution in [0.15, 0.2) is 41.3 Å². The molecule has 2 rings (SSSR count). The van der Waals surface area contributed by atoms with Crippen molar-refractivity contribution in [1.82, 2.24) is 9.78 Å². The molecular formula is C14H14F3N3O. The first-order valence-corrected chi connectivity index (χ1v) is 6.24. The van der Waals surface area contributed by atoms with E-state index in [1.807, 2.05) is 0 Å². The van der Waals surface area contributed by atoms with Gasteiger partial charge in [-0.1, -0.05) is 12.1 Å². The van der Waals surface area contributed by atoms with Gasteiger partial charge < -0.3 is 5.73 Å². The van der Waals surface area contributed by atoms with Gasteiger partial charge in [-0.15, -0.1) is 0 Å². The van der Waals surface area contributed by atoms with Crippen LogP contribution in [-0.4, -0.2) is 9.78 Å². The van der Waals surface area contributed by atoms with Crippen LogP contribution in [0.4, 0.5) is 13.2 Å². The highest BCUT2D eigenvalue weighted by Gasteiger charge is 2.30. The first kappa shape index (κ1) is 15.2. The van der Waals surface area contributed by atoms with Crippen LogP contribution in [0.25, 0.3) is 0 Å². The molecule has 0 bridgehead atoms. The normalized spacial score (nSPS) is 13.2. The molecule has 1 aromatic heterocycles. The number of rotatable bonds is 3. The number of aromatic nitrogens is 2. The molecule has 0 saturated carbocycles. The molecule has 0 fully saturated rings. The minimum Gasteiger partial charge on any atom is -0.322 e. The number of halogens is 3. The zero-order valence-electron chi connectivity index (χ0n) is 11.3.